The van der Waals surface area contributed by atoms with Gasteiger partial charge in [-0.15, -0.1) is 0 Å². The van der Waals surface area contributed by atoms with E-state index in [1.54, 1.807) is 7.11 Å². The largest absolute Gasteiger partial charge is 0.457 e. The fraction of sp³-hybridized carbons (Fsp3) is 0.478. The van der Waals surface area contributed by atoms with E-state index in [2.05, 4.69) is 5.32 Å². The summed E-state index contributed by atoms with van der Waals surface area (Å²) in [7, 11) is 1.72. The standard InChI is InChI=1S/C23H31NO3/c1-26-17-8-7-15-23(25,19-10-9-16-24-18-19)21-13-5-6-14-22(21)27-20-11-3-2-4-12-20/h2-6,11-14,19,24-25H,7-10,15-18H2,1H3/t19-,23?/m1/s1. The summed E-state index contributed by atoms with van der Waals surface area (Å²) in [6.45, 7) is 2.58. The Bertz CT molecular complexity index is 685. The van der Waals surface area contributed by atoms with Crippen molar-refractivity contribution in [3.05, 3.63) is 60.2 Å². The third-order valence-corrected chi connectivity index (χ3v) is 5.45. The average molecular weight is 370 g/mol. The lowest BCUT2D eigenvalue weighted by molar-refractivity contribution is -0.0446. The van der Waals surface area contributed by atoms with Crippen molar-refractivity contribution in [2.75, 3.05) is 26.8 Å². The first-order valence-electron chi connectivity index (χ1n) is 9.98. The van der Waals surface area contributed by atoms with Gasteiger partial charge in [0.15, 0.2) is 0 Å². The van der Waals surface area contributed by atoms with Gasteiger partial charge in [-0.3, -0.25) is 0 Å². The molecular weight excluding hydrogens is 338 g/mol. The minimum absolute atomic E-state index is 0.175. The van der Waals surface area contributed by atoms with Crippen molar-refractivity contribution in [1.82, 2.24) is 5.32 Å². The molecule has 0 saturated carbocycles. The number of para-hydroxylation sites is 2. The van der Waals surface area contributed by atoms with Crippen LogP contribution in [-0.4, -0.2) is 31.9 Å². The second kappa shape index (κ2) is 9.88. The Hall–Kier alpha value is -1.88. The number of aliphatic hydroxyl groups is 1. The van der Waals surface area contributed by atoms with Gasteiger partial charge in [-0.25, -0.2) is 0 Å². The third kappa shape index (κ3) is 5.10. The molecule has 27 heavy (non-hydrogen) atoms. The van der Waals surface area contributed by atoms with E-state index in [-0.39, 0.29) is 5.92 Å². The Labute approximate surface area is 162 Å². The number of nitrogens with one attached hydrogen (secondary N) is 1. The van der Waals surface area contributed by atoms with Crippen LogP contribution in [0.15, 0.2) is 54.6 Å². The van der Waals surface area contributed by atoms with Crippen LogP contribution in [0.25, 0.3) is 0 Å². The fourth-order valence-corrected chi connectivity index (χ4v) is 3.99. The first-order chi connectivity index (χ1) is 13.2. The molecule has 1 fully saturated rings. The van der Waals surface area contributed by atoms with Crippen molar-refractivity contribution >= 4 is 0 Å². The van der Waals surface area contributed by atoms with Gasteiger partial charge in [-0.2, -0.15) is 0 Å². The maximum atomic E-state index is 11.9. The number of unbranched alkanes of at least 4 members (excludes halogenated alkanes) is 1. The third-order valence-electron chi connectivity index (χ3n) is 5.45. The highest BCUT2D eigenvalue weighted by atomic mass is 16.5. The lowest BCUT2D eigenvalue weighted by Gasteiger charge is -2.40. The summed E-state index contributed by atoms with van der Waals surface area (Å²) < 4.78 is 11.4. The van der Waals surface area contributed by atoms with Crippen LogP contribution in [-0.2, 0) is 10.3 Å². The summed E-state index contributed by atoms with van der Waals surface area (Å²) in [5, 5.41) is 15.4. The minimum atomic E-state index is -0.910. The molecule has 0 radical (unpaired) electrons. The number of methoxy groups -OCH3 is 1. The van der Waals surface area contributed by atoms with Crippen LogP contribution >= 0.6 is 0 Å². The number of hydrogen-bond acceptors (Lipinski definition) is 4. The normalized spacial score (nSPS) is 19.4. The Balaban J connectivity index is 1.88. The molecule has 4 heteroatoms. The topological polar surface area (TPSA) is 50.7 Å². The van der Waals surface area contributed by atoms with E-state index in [9.17, 15) is 5.11 Å². The van der Waals surface area contributed by atoms with Gasteiger partial charge in [-0.1, -0.05) is 36.4 Å². The minimum Gasteiger partial charge on any atom is -0.457 e. The van der Waals surface area contributed by atoms with Crippen molar-refractivity contribution in [2.45, 2.75) is 37.7 Å². The molecule has 1 unspecified atom stereocenters. The summed E-state index contributed by atoms with van der Waals surface area (Å²) in [6.07, 6.45) is 4.68. The molecule has 1 aliphatic heterocycles. The van der Waals surface area contributed by atoms with Gasteiger partial charge in [0.1, 0.15) is 11.5 Å². The van der Waals surface area contributed by atoms with Gasteiger partial charge in [-0.05, 0) is 56.8 Å². The molecule has 0 aliphatic carbocycles. The first-order valence-corrected chi connectivity index (χ1v) is 9.98. The van der Waals surface area contributed by atoms with E-state index < -0.39 is 5.60 Å². The van der Waals surface area contributed by atoms with Gasteiger partial charge in [0.25, 0.3) is 0 Å². The van der Waals surface area contributed by atoms with E-state index >= 15 is 0 Å². The summed E-state index contributed by atoms with van der Waals surface area (Å²) in [6, 6.07) is 17.7. The quantitative estimate of drug-likeness (QED) is 0.640. The van der Waals surface area contributed by atoms with Gasteiger partial charge >= 0.3 is 0 Å². The van der Waals surface area contributed by atoms with Crippen LogP contribution in [0.4, 0.5) is 0 Å². The highest BCUT2D eigenvalue weighted by Crippen LogP contribution is 2.43. The van der Waals surface area contributed by atoms with E-state index in [4.69, 9.17) is 9.47 Å². The Morgan fingerprint density at radius 3 is 2.59 bits per heavy atom. The predicted octanol–water partition coefficient (Wildman–Crippen LogP) is 4.48. The molecule has 0 amide bonds. The van der Waals surface area contributed by atoms with E-state index in [0.29, 0.717) is 6.42 Å². The fourth-order valence-electron chi connectivity index (χ4n) is 3.99. The first kappa shape index (κ1) is 19.9. The molecule has 4 nitrogen and oxygen atoms in total. The van der Waals surface area contributed by atoms with E-state index in [1.807, 2.05) is 54.6 Å². The van der Waals surface area contributed by atoms with E-state index in [0.717, 1.165) is 62.4 Å². The highest BCUT2D eigenvalue weighted by molar-refractivity contribution is 5.42. The molecule has 1 aliphatic rings. The molecule has 146 valence electrons. The van der Waals surface area contributed by atoms with Crippen LogP contribution < -0.4 is 10.1 Å². The second-order valence-corrected chi connectivity index (χ2v) is 7.33. The lowest BCUT2D eigenvalue weighted by atomic mass is 9.74. The van der Waals surface area contributed by atoms with E-state index in [1.165, 1.54) is 0 Å². The molecule has 2 aromatic rings. The summed E-state index contributed by atoms with van der Waals surface area (Å²) >= 11 is 0. The zero-order chi connectivity index (χ0) is 19.0. The van der Waals surface area contributed by atoms with Gasteiger partial charge < -0.3 is 19.9 Å². The number of piperidine rings is 1. The summed E-state index contributed by atoms with van der Waals surface area (Å²) in [4.78, 5) is 0. The number of hydrogen-bond donors (Lipinski definition) is 2. The molecule has 0 bridgehead atoms. The van der Waals surface area contributed by atoms with Crippen LogP contribution in [0, 0.1) is 5.92 Å². The summed E-state index contributed by atoms with van der Waals surface area (Å²) in [5.74, 6) is 1.70. The van der Waals surface area contributed by atoms with Crippen molar-refractivity contribution in [3.8, 4) is 11.5 Å². The van der Waals surface area contributed by atoms with Crippen molar-refractivity contribution in [3.63, 3.8) is 0 Å². The highest BCUT2D eigenvalue weighted by Gasteiger charge is 2.40. The lowest BCUT2D eigenvalue weighted by Crippen LogP contribution is -2.44. The number of rotatable bonds is 9. The maximum absolute atomic E-state index is 11.9. The summed E-state index contributed by atoms with van der Waals surface area (Å²) in [5.41, 5.74) is -0.0213. The van der Waals surface area contributed by atoms with Gasteiger partial charge in [0.2, 0.25) is 0 Å². The number of benzene rings is 2. The molecular formula is C23H31NO3. The van der Waals surface area contributed by atoms with Crippen LogP contribution in [0.1, 0.15) is 37.7 Å². The molecule has 0 spiro atoms. The zero-order valence-corrected chi connectivity index (χ0v) is 16.2. The maximum Gasteiger partial charge on any atom is 0.133 e. The Morgan fingerprint density at radius 2 is 1.85 bits per heavy atom. The smallest absolute Gasteiger partial charge is 0.133 e. The molecule has 2 N–H and O–H groups in total. The van der Waals surface area contributed by atoms with Crippen molar-refractivity contribution < 1.29 is 14.6 Å². The van der Waals surface area contributed by atoms with Gasteiger partial charge in [0.05, 0.1) is 5.60 Å². The van der Waals surface area contributed by atoms with Crippen LogP contribution in [0.3, 0.4) is 0 Å². The molecule has 3 rings (SSSR count). The zero-order valence-electron chi connectivity index (χ0n) is 16.2. The molecule has 2 atom stereocenters. The van der Waals surface area contributed by atoms with Gasteiger partial charge in [0, 0.05) is 31.7 Å². The van der Waals surface area contributed by atoms with Crippen LogP contribution in [0.2, 0.25) is 0 Å². The molecule has 0 aromatic heterocycles. The SMILES string of the molecule is COCCCCC(O)(c1ccccc1Oc1ccccc1)[C@@H]1CCCNC1. The number of ether oxygens (including phenoxy) is 2. The van der Waals surface area contributed by atoms with Crippen molar-refractivity contribution in [2.24, 2.45) is 5.92 Å². The average Bonchev–Trinajstić information content (AvgIpc) is 2.73. The molecule has 2 aromatic carbocycles. The van der Waals surface area contributed by atoms with Crippen molar-refractivity contribution in [1.29, 1.82) is 0 Å². The second-order valence-electron chi connectivity index (χ2n) is 7.33. The predicted molar refractivity (Wildman–Crippen MR) is 108 cm³/mol. The van der Waals surface area contributed by atoms with Crippen LogP contribution in [0.5, 0.6) is 11.5 Å². The molecule has 1 heterocycles. The molecule has 1 saturated heterocycles. The Morgan fingerprint density at radius 1 is 1.07 bits per heavy atom. The Kier molecular flexibility index (Phi) is 7.27. The monoisotopic (exact) mass is 369 g/mol.